The summed E-state index contributed by atoms with van der Waals surface area (Å²) in [5, 5.41) is 10.2. The monoisotopic (exact) mass is 473 g/mol. The first kappa shape index (κ1) is 22.2. The maximum absolute atomic E-state index is 6.04. The van der Waals surface area contributed by atoms with Crippen LogP contribution in [0.4, 0.5) is 0 Å². The van der Waals surface area contributed by atoms with Crippen LogP contribution in [0.1, 0.15) is 43.1 Å². The van der Waals surface area contributed by atoms with Gasteiger partial charge in [-0.3, -0.25) is 4.99 Å². The van der Waals surface area contributed by atoms with Crippen molar-refractivity contribution >= 4 is 29.9 Å². The van der Waals surface area contributed by atoms with Crippen LogP contribution >= 0.6 is 24.0 Å². The Bertz CT molecular complexity index is 717. The van der Waals surface area contributed by atoms with E-state index in [1.807, 2.05) is 0 Å². The SMILES string of the molecule is CCC(C)Oc1cc(C)ccc1CNC(=NC)NCc1nc(C)no1.I. The average Bonchev–Trinajstić information content (AvgIpc) is 3.01. The van der Waals surface area contributed by atoms with Crippen molar-refractivity contribution in [2.75, 3.05) is 7.05 Å². The fourth-order valence-corrected chi connectivity index (χ4v) is 2.19. The van der Waals surface area contributed by atoms with Crippen LogP contribution in [0.25, 0.3) is 0 Å². The lowest BCUT2D eigenvalue weighted by molar-refractivity contribution is 0.215. The number of nitrogens with one attached hydrogen (secondary N) is 2. The Morgan fingerprint density at radius 1 is 1.27 bits per heavy atom. The fraction of sp³-hybridized carbons (Fsp3) is 0.500. The molecular formula is C18H28IN5O2. The van der Waals surface area contributed by atoms with E-state index in [1.54, 1.807) is 14.0 Å². The molecule has 0 aliphatic carbocycles. The molecule has 2 aromatic rings. The van der Waals surface area contributed by atoms with Crippen molar-refractivity contribution in [3.05, 3.63) is 41.0 Å². The second-order valence-corrected chi connectivity index (χ2v) is 5.96. The third kappa shape index (κ3) is 6.81. The van der Waals surface area contributed by atoms with E-state index in [9.17, 15) is 0 Å². The first-order valence-corrected chi connectivity index (χ1v) is 8.51. The molecule has 0 saturated heterocycles. The molecule has 0 aliphatic rings. The Morgan fingerprint density at radius 2 is 2.00 bits per heavy atom. The van der Waals surface area contributed by atoms with Crippen molar-refractivity contribution in [2.24, 2.45) is 4.99 Å². The van der Waals surface area contributed by atoms with E-state index in [0.717, 1.165) is 17.7 Å². The Hall–Kier alpha value is -1.84. The number of hydrogen-bond donors (Lipinski definition) is 2. The first-order valence-electron chi connectivity index (χ1n) is 8.51. The summed E-state index contributed by atoms with van der Waals surface area (Å²) in [6, 6.07) is 6.23. The smallest absolute Gasteiger partial charge is 0.246 e. The van der Waals surface area contributed by atoms with Crippen LogP contribution in [0.3, 0.4) is 0 Å². The second kappa shape index (κ2) is 11.0. The number of hydrogen-bond acceptors (Lipinski definition) is 5. The van der Waals surface area contributed by atoms with E-state index in [1.165, 1.54) is 5.56 Å². The van der Waals surface area contributed by atoms with Crippen molar-refractivity contribution in [3.8, 4) is 5.75 Å². The van der Waals surface area contributed by atoms with Gasteiger partial charge in [-0.2, -0.15) is 4.98 Å². The summed E-state index contributed by atoms with van der Waals surface area (Å²) >= 11 is 0. The van der Waals surface area contributed by atoms with Gasteiger partial charge in [-0.1, -0.05) is 24.2 Å². The summed E-state index contributed by atoms with van der Waals surface area (Å²) in [5.41, 5.74) is 2.26. The highest BCUT2D eigenvalue weighted by Gasteiger charge is 2.09. The van der Waals surface area contributed by atoms with Crippen LogP contribution < -0.4 is 15.4 Å². The highest BCUT2D eigenvalue weighted by Crippen LogP contribution is 2.22. The second-order valence-electron chi connectivity index (χ2n) is 5.96. The molecule has 144 valence electrons. The molecule has 0 radical (unpaired) electrons. The van der Waals surface area contributed by atoms with Gasteiger partial charge in [0.15, 0.2) is 11.8 Å². The number of nitrogens with zero attached hydrogens (tertiary/aromatic N) is 3. The maximum atomic E-state index is 6.04. The lowest BCUT2D eigenvalue weighted by Gasteiger charge is -2.18. The molecule has 2 N–H and O–H groups in total. The summed E-state index contributed by atoms with van der Waals surface area (Å²) in [6.07, 6.45) is 1.15. The van der Waals surface area contributed by atoms with Crippen molar-refractivity contribution in [1.29, 1.82) is 0 Å². The number of ether oxygens (including phenoxy) is 1. The van der Waals surface area contributed by atoms with Crippen LogP contribution in [0.2, 0.25) is 0 Å². The molecule has 8 heteroatoms. The molecule has 0 bridgehead atoms. The normalized spacial score (nSPS) is 12.3. The van der Waals surface area contributed by atoms with Gasteiger partial charge in [0, 0.05) is 19.2 Å². The fourth-order valence-electron chi connectivity index (χ4n) is 2.19. The predicted molar refractivity (Wildman–Crippen MR) is 113 cm³/mol. The highest BCUT2D eigenvalue weighted by molar-refractivity contribution is 14.0. The van der Waals surface area contributed by atoms with Gasteiger partial charge in [-0.05, 0) is 38.8 Å². The predicted octanol–water partition coefficient (Wildman–Crippen LogP) is 3.35. The molecule has 0 fully saturated rings. The summed E-state index contributed by atoms with van der Waals surface area (Å²) in [7, 11) is 1.72. The van der Waals surface area contributed by atoms with Crippen LogP contribution in [0.5, 0.6) is 5.75 Å². The van der Waals surface area contributed by atoms with Gasteiger partial charge in [0.25, 0.3) is 0 Å². The molecule has 7 nitrogen and oxygen atoms in total. The lowest BCUT2D eigenvalue weighted by Crippen LogP contribution is -2.36. The first-order chi connectivity index (χ1) is 12.0. The summed E-state index contributed by atoms with van der Waals surface area (Å²) < 4.78 is 11.1. The van der Waals surface area contributed by atoms with Crippen LogP contribution in [0, 0.1) is 13.8 Å². The maximum Gasteiger partial charge on any atom is 0.246 e. The molecule has 1 aromatic carbocycles. The molecule has 2 rings (SSSR count). The molecule has 0 aliphatic heterocycles. The quantitative estimate of drug-likeness (QED) is 0.365. The topological polar surface area (TPSA) is 84.6 Å². The molecule has 1 heterocycles. The largest absolute Gasteiger partial charge is 0.490 e. The Labute approximate surface area is 172 Å². The number of aliphatic imine (C=N–C) groups is 1. The third-order valence-corrected chi connectivity index (χ3v) is 3.77. The van der Waals surface area contributed by atoms with E-state index < -0.39 is 0 Å². The Kier molecular flexibility index (Phi) is 9.39. The van der Waals surface area contributed by atoms with Crippen molar-refractivity contribution in [2.45, 2.75) is 53.3 Å². The number of aromatic nitrogens is 2. The molecule has 1 aromatic heterocycles. The Balaban J connectivity index is 0.00000338. The number of halogens is 1. The van der Waals surface area contributed by atoms with Crippen LogP contribution in [0.15, 0.2) is 27.7 Å². The van der Waals surface area contributed by atoms with E-state index >= 15 is 0 Å². The number of benzene rings is 1. The van der Waals surface area contributed by atoms with Gasteiger partial charge < -0.3 is 19.9 Å². The lowest BCUT2D eigenvalue weighted by atomic mass is 10.1. The molecule has 0 amide bonds. The third-order valence-electron chi connectivity index (χ3n) is 3.77. The summed E-state index contributed by atoms with van der Waals surface area (Å²) in [6.45, 7) is 9.07. The molecule has 1 unspecified atom stereocenters. The zero-order chi connectivity index (χ0) is 18.2. The van der Waals surface area contributed by atoms with E-state index in [-0.39, 0.29) is 30.1 Å². The van der Waals surface area contributed by atoms with E-state index in [0.29, 0.717) is 30.8 Å². The van der Waals surface area contributed by atoms with Gasteiger partial charge in [-0.15, -0.1) is 24.0 Å². The minimum atomic E-state index is 0. The van der Waals surface area contributed by atoms with Gasteiger partial charge >= 0.3 is 0 Å². The van der Waals surface area contributed by atoms with Crippen LogP contribution in [-0.4, -0.2) is 29.3 Å². The minimum absolute atomic E-state index is 0. The van der Waals surface area contributed by atoms with E-state index in [4.69, 9.17) is 9.26 Å². The number of rotatable bonds is 7. The van der Waals surface area contributed by atoms with Crippen molar-refractivity contribution < 1.29 is 9.26 Å². The number of guanidine groups is 1. The van der Waals surface area contributed by atoms with Gasteiger partial charge in [0.1, 0.15) is 5.75 Å². The zero-order valence-electron chi connectivity index (χ0n) is 16.0. The zero-order valence-corrected chi connectivity index (χ0v) is 18.3. The summed E-state index contributed by atoms with van der Waals surface area (Å²) in [5.74, 6) is 2.71. The van der Waals surface area contributed by atoms with E-state index in [2.05, 4.69) is 64.7 Å². The van der Waals surface area contributed by atoms with Gasteiger partial charge in [-0.25, -0.2) is 0 Å². The average molecular weight is 473 g/mol. The highest BCUT2D eigenvalue weighted by atomic mass is 127. The van der Waals surface area contributed by atoms with Gasteiger partial charge in [0.05, 0.1) is 12.6 Å². The summed E-state index contributed by atoms with van der Waals surface area (Å²) in [4.78, 5) is 8.37. The molecular weight excluding hydrogens is 445 g/mol. The van der Waals surface area contributed by atoms with Crippen molar-refractivity contribution in [1.82, 2.24) is 20.8 Å². The minimum Gasteiger partial charge on any atom is -0.490 e. The Morgan fingerprint density at radius 3 is 2.62 bits per heavy atom. The number of aryl methyl sites for hydroxylation is 2. The standard InChI is InChI=1S/C18H27N5O2.HI/c1-6-13(3)24-16-9-12(2)7-8-15(16)10-20-18(19-5)21-11-17-22-14(4)23-25-17;/h7-9,13H,6,10-11H2,1-5H3,(H2,19,20,21);1H. The molecule has 26 heavy (non-hydrogen) atoms. The molecule has 1 atom stereocenters. The van der Waals surface area contributed by atoms with Gasteiger partial charge in [0.2, 0.25) is 5.89 Å². The molecule has 0 saturated carbocycles. The van der Waals surface area contributed by atoms with Crippen LogP contribution in [-0.2, 0) is 13.1 Å². The van der Waals surface area contributed by atoms with Crippen molar-refractivity contribution in [3.63, 3.8) is 0 Å². The molecule has 0 spiro atoms.